The fraction of sp³-hybridized carbons (Fsp3) is 0.533. The van der Waals surface area contributed by atoms with Crippen molar-refractivity contribution in [2.75, 3.05) is 19.8 Å². The smallest absolute Gasteiger partial charge is 0.174 e. The van der Waals surface area contributed by atoms with Gasteiger partial charge in [0.25, 0.3) is 0 Å². The molecular weight excluding hydrogens is 256 g/mol. The first-order valence-electron chi connectivity index (χ1n) is 6.77. The van der Waals surface area contributed by atoms with Gasteiger partial charge < -0.3 is 19.9 Å². The van der Waals surface area contributed by atoms with Crippen LogP contribution >= 0.6 is 0 Å². The van der Waals surface area contributed by atoms with Gasteiger partial charge in [-0.15, -0.1) is 0 Å². The van der Waals surface area contributed by atoms with Crippen molar-refractivity contribution in [1.82, 2.24) is 5.32 Å². The predicted octanol–water partition coefficient (Wildman–Crippen LogP) is 1.22. The minimum atomic E-state index is -0.783. The first-order chi connectivity index (χ1) is 9.64. The third-order valence-electron chi connectivity index (χ3n) is 3.62. The second-order valence-electron chi connectivity index (χ2n) is 5.06. The van der Waals surface area contributed by atoms with Gasteiger partial charge in [-0.3, -0.25) is 0 Å². The molecule has 0 aliphatic carbocycles. The van der Waals surface area contributed by atoms with Crippen LogP contribution in [-0.4, -0.2) is 36.6 Å². The number of hydrogen-bond acceptors (Lipinski definition) is 5. The zero-order valence-electron chi connectivity index (χ0n) is 11.6. The summed E-state index contributed by atoms with van der Waals surface area (Å²) in [5.41, 5.74) is 0.269. The highest BCUT2D eigenvalue weighted by atomic mass is 16.5. The molecule has 5 heteroatoms. The average Bonchev–Trinajstić information content (AvgIpc) is 2.77. The first-order valence-corrected chi connectivity index (χ1v) is 6.77. The molecule has 0 spiro atoms. The van der Waals surface area contributed by atoms with Crippen LogP contribution in [0.15, 0.2) is 24.3 Å². The Hall–Kier alpha value is -1.61. The molecule has 1 aliphatic rings. The summed E-state index contributed by atoms with van der Waals surface area (Å²) in [7, 11) is 0. The van der Waals surface area contributed by atoms with Crippen molar-refractivity contribution in [2.24, 2.45) is 0 Å². The predicted molar refractivity (Wildman–Crippen MR) is 74.2 cm³/mol. The van der Waals surface area contributed by atoms with E-state index in [1.54, 1.807) is 0 Å². The molecule has 2 unspecified atom stereocenters. The van der Waals surface area contributed by atoms with E-state index >= 15 is 0 Å². The lowest BCUT2D eigenvalue weighted by Gasteiger charge is -2.26. The van der Waals surface area contributed by atoms with Crippen molar-refractivity contribution in [3.8, 4) is 11.8 Å². The molecule has 20 heavy (non-hydrogen) atoms. The molecule has 1 aromatic rings. The van der Waals surface area contributed by atoms with Crippen molar-refractivity contribution in [3.63, 3.8) is 0 Å². The van der Waals surface area contributed by atoms with E-state index < -0.39 is 5.60 Å². The minimum Gasteiger partial charge on any atom is -0.479 e. The summed E-state index contributed by atoms with van der Waals surface area (Å²) in [5, 5.41) is 22.1. The molecule has 1 saturated heterocycles. The molecule has 0 aromatic heterocycles. The molecule has 0 bridgehead atoms. The van der Waals surface area contributed by atoms with E-state index in [0.717, 1.165) is 5.56 Å². The monoisotopic (exact) mass is 276 g/mol. The summed E-state index contributed by atoms with van der Waals surface area (Å²) in [4.78, 5) is 0. The molecule has 2 rings (SSSR count). The van der Waals surface area contributed by atoms with E-state index in [1.165, 1.54) is 0 Å². The molecule has 108 valence electrons. The van der Waals surface area contributed by atoms with Crippen molar-refractivity contribution < 1.29 is 14.6 Å². The standard InChI is InChI=1S/C15H20N2O3/c1-12-15(18,5-7-19-12)11-17-10-13-3-2-4-14(9-13)20-8-6-16/h2-4,9,12,17-18H,5,7-8,10-11H2,1H3. The Labute approximate surface area is 119 Å². The van der Waals surface area contributed by atoms with E-state index in [4.69, 9.17) is 14.7 Å². The number of nitrogens with zero attached hydrogens (tertiary/aromatic N) is 1. The van der Waals surface area contributed by atoms with Gasteiger partial charge in [0.05, 0.1) is 6.10 Å². The molecule has 0 amide bonds. The zero-order valence-corrected chi connectivity index (χ0v) is 11.6. The van der Waals surface area contributed by atoms with Gasteiger partial charge >= 0.3 is 0 Å². The van der Waals surface area contributed by atoms with Gasteiger partial charge in [-0.05, 0) is 24.6 Å². The summed E-state index contributed by atoms with van der Waals surface area (Å²) in [6.07, 6.45) is 0.521. The van der Waals surface area contributed by atoms with Crippen LogP contribution in [0.5, 0.6) is 5.75 Å². The number of hydrogen-bond donors (Lipinski definition) is 2. The number of aliphatic hydroxyl groups is 1. The van der Waals surface area contributed by atoms with E-state index in [1.807, 2.05) is 37.3 Å². The van der Waals surface area contributed by atoms with Crippen LogP contribution in [0, 0.1) is 11.3 Å². The molecule has 1 heterocycles. The van der Waals surface area contributed by atoms with Gasteiger partial charge in [-0.1, -0.05) is 12.1 Å². The molecule has 0 radical (unpaired) electrons. The van der Waals surface area contributed by atoms with E-state index in [-0.39, 0.29) is 12.7 Å². The normalized spacial score (nSPS) is 25.4. The molecule has 1 aliphatic heterocycles. The fourth-order valence-electron chi connectivity index (χ4n) is 2.29. The number of nitriles is 1. The molecule has 1 fully saturated rings. The molecule has 2 N–H and O–H groups in total. The SMILES string of the molecule is CC1OCCC1(O)CNCc1cccc(OCC#N)c1. The van der Waals surface area contributed by atoms with Crippen LogP contribution in [0.4, 0.5) is 0 Å². The van der Waals surface area contributed by atoms with Gasteiger partial charge in [0.2, 0.25) is 0 Å². The molecular formula is C15H20N2O3. The van der Waals surface area contributed by atoms with Crippen LogP contribution in [0.3, 0.4) is 0 Å². The Kier molecular flexibility index (Phi) is 4.96. The summed E-state index contributed by atoms with van der Waals surface area (Å²) < 4.78 is 10.6. The summed E-state index contributed by atoms with van der Waals surface area (Å²) in [6.45, 7) is 3.68. The van der Waals surface area contributed by atoms with E-state index in [2.05, 4.69) is 5.32 Å². The lowest BCUT2D eigenvalue weighted by molar-refractivity contribution is -0.0262. The third-order valence-corrected chi connectivity index (χ3v) is 3.62. The molecule has 1 aromatic carbocycles. The van der Waals surface area contributed by atoms with Crippen LogP contribution in [0.1, 0.15) is 18.9 Å². The van der Waals surface area contributed by atoms with Crippen molar-refractivity contribution in [1.29, 1.82) is 5.26 Å². The number of benzene rings is 1. The van der Waals surface area contributed by atoms with Gasteiger partial charge in [0.1, 0.15) is 17.4 Å². The lowest BCUT2D eigenvalue weighted by atomic mass is 9.96. The van der Waals surface area contributed by atoms with Crippen LogP contribution in [0.2, 0.25) is 0 Å². The third kappa shape index (κ3) is 3.70. The Morgan fingerprint density at radius 2 is 2.45 bits per heavy atom. The molecule has 0 saturated carbocycles. The van der Waals surface area contributed by atoms with Gasteiger partial charge in [-0.25, -0.2) is 0 Å². The van der Waals surface area contributed by atoms with Crippen molar-refractivity contribution in [2.45, 2.75) is 31.6 Å². The Morgan fingerprint density at radius 1 is 1.60 bits per heavy atom. The van der Waals surface area contributed by atoms with E-state index in [0.29, 0.717) is 31.9 Å². The van der Waals surface area contributed by atoms with Gasteiger partial charge in [-0.2, -0.15) is 5.26 Å². The Morgan fingerprint density at radius 3 is 3.15 bits per heavy atom. The maximum Gasteiger partial charge on any atom is 0.174 e. The fourth-order valence-corrected chi connectivity index (χ4v) is 2.29. The summed E-state index contributed by atoms with van der Waals surface area (Å²) in [5.74, 6) is 0.683. The van der Waals surface area contributed by atoms with Gasteiger partial charge in [0.15, 0.2) is 6.61 Å². The summed E-state index contributed by atoms with van der Waals surface area (Å²) >= 11 is 0. The maximum atomic E-state index is 10.4. The second kappa shape index (κ2) is 6.71. The highest BCUT2D eigenvalue weighted by Gasteiger charge is 2.38. The average molecular weight is 276 g/mol. The maximum absolute atomic E-state index is 10.4. The summed E-state index contributed by atoms with van der Waals surface area (Å²) in [6, 6.07) is 9.52. The largest absolute Gasteiger partial charge is 0.479 e. The second-order valence-corrected chi connectivity index (χ2v) is 5.06. The first kappa shape index (κ1) is 14.8. The van der Waals surface area contributed by atoms with Crippen LogP contribution in [0.25, 0.3) is 0 Å². The minimum absolute atomic E-state index is 0.0471. The van der Waals surface area contributed by atoms with Crippen molar-refractivity contribution >= 4 is 0 Å². The van der Waals surface area contributed by atoms with Crippen LogP contribution in [-0.2, 0) is 11.3 Å². The zero-order chi connectivity index (χ0) is 14.4. The Balaban J connectivity index is 1.83. The van der Waals surface area contributed by atoms with Crippen LogP contribution < -0.4 is 10.1 Å². The lowest BCUT2D eigenvalue weighted by Crippen LogP contribution is -2.45. The number of ether oxygens (including phenoxy) is 2. The topological polar surface area (TPSA) is 74.5 Å². The quantitative estimate of drug-likeness (QED) is 0.817. The highest BCUT2D eigenvalue weighted by Crippen LogP contribution is 2.24. The highest BCUT2D eigenvalue weighted by molar-refractivity contribution is 5.28. The number of nitrogens with one attached hydrogen (secondary N) is 1. The Bertz CT molecular complexity index is 486. The van der Waals surface area contributed by atoms with E-state index in [9.17, 15) is 5.11 Å². The molecule has 2 atom stereocenters. The van der Waals surface area contributed by atoms with Crippen molar-refractivity contribution in [3.05, 3.63) is 29.8 Å². The number of rotatable bonds is 6. The molecule has 5 nitrogen and oxygen atoms in total. The van der Waals surface area contributed by atoms with Gasteiger partial charge in [0, 0.05) is 26.1 Å².